The lowest BCUT2D eigenvalue weighted by molar-refractivity contribution is -0.165. The van der Waals surface area contributed by atoms with Crippen LogP contribution in [0, 0.1) is 12.8 Å². The Kier molecular flexibility index (Phi) is 7.99. The standard InChI is InChI=1S/C28H35N3O4/c1-17(2)27(33)35-19(4)34-25-13-8-20(14-18(25)3)16-29-26(32)24-15-23(30-31-24)21-9-11-22(12-10-21)28(5,6)7/h8-15,17,19H,16H2,1-7H3,(H,29,32)(H,30,31). The van der Waals surface area contributed by atoms with Gasteiger partial charge in [0.05, 0.1) is 11.6 Å². The number of aryl methyl sites for hydroxylation is 1. The smallest absolute Gasteiger partial charge is 0.311 e. The highest BCUT2D eigenvalue weighted by molar-refractivity contribution is 5.93. The first-order valence-electron chi connectivity index (χ1n) is 11.8. The summed E-state index contributed by atoms with van der Waals surface area (Å²) in [5.41, 5.74) is 5.20. The van der Waals surface area contributed by atoms with Crippen LogP contribution < -0.4 is 10.1 Å². The highest BCUT2D eigenvalue weighted by Crippen LogP contribution is 2.26. The van der Waals surface area contributed by atoms with Crippen LogP contribution in [0.5, 0.6) is 5.75 Å². The van der Waals surface area contributed by atoms with Gasteiger partial charge in [-0.1, -0.05) is 71.0 Å². The van der Waals surface area contributed by atoms with Crippen molar-refractivity contribution in [2.75, 3.05) is 0 Å². The maximum absolute atomic E-state index is 12.6. The van der Waals surface area contributed by atoms with Gasteiger partial charge in [-0.3, -0.25) is 14.7 Å². The molecule has 3 rings (SSSR count). The lowest BCUT2D eigenvalue weighted by Crippen LogP contribution is -2.24. The number of hydrogen-bond acceptors (Lipinski definition) is 5. The van der Waals surface area contributed by atoms with Crippen LogP contribution in [-0.2, 0) is 21.5 Å². The number of ether oxygens (including phenoxy) is 2. The van der Waals surface area contributed by atoms with Gasteiger partial charge in [-0.05, 0) is 41.2 Å². The lowest BCUT2D eigenvalue weighted by Gasteiger charge is -2.18. The van der Waals surface area contributed by atoms with E-state index in [-0.39, 0.29) is 23.2 Å². The minimum Gasteiger partial charge on any atom is -0.455 e. The maximum Gasteiger partial charge on any atom is 0.311 e. The van der Waals surface area contributed by atoms with E-state index in [4.69, 9.17) is 9.47 Å². The fourth-order valence-electron chi connectivity index (χ4n) is 3.46. The van der Waals surface area contributed by atoms with E-state index in [0.29, 0.717) is 18.0 Å². The highest BCUT2D eigenvalue weighted by Gasteiger charge is 2.16. The van der Waals surface area contributed by atoms with E-state index >= 15 is 0 Å². The molecule has 7 nitrogen and oxygen atoms in total. The number of carbonyl (C=O) groups is 2. The number of amides is 1. The molecule has 0 aliphatic heterocycles. The van der Waals surface area contributed by atoms with Crippen LogP contribution in [0.2, 0.25) is 0 Å². The molecule has 1 heterocycles. The van der Waals surface area contributed by atoms with Gasteiger partial charge in [-0.25, -0.2) is 0 Å². The maximum atomic E-state index is 12.6. The summed E-state index contributed by atoms with van der Waals surface area (Å²) in [5, 5.41) is 10.0. The van der Waals surface area contributed by atoms with Crippen molar-refractivity contribution in [1.29, 1.82) is 0 Å². The lowest BCUT2D eigenvalue weighted by atomic mass is 9.86. The van der Waals surface area contributed by atoms with Crippen molar-refractivity contribution in [2.45, 2.75) is 66.7 Å². The Labute approximate surface area is 207 Å². The number of H-pyrrole nitrogens is 1. The van der Waals surface area contributed by atoms with Crippen molar-refractivity contribution in [3.63, 3.8) is 0 Å². The first kappa shape index (κ1) is 26.0. The van der Waals surface area contributed by atoms with Crippen LogP contribution in [0.4, 0.5) is 0 Å². The van der Waals surface area contributed by atoms with Crippen molar-refractivity contribution in [2.24, 2.45) is 5.92 Å². The number of nitrogens with one attached hydrogen (secondary N) is 2. The molecule has 186 valence electrons. The van der Waals surface area contributed by atoms with Crippen molar-refractivity contribution in [3.05, 3.63) is 70.9 Å². The average molecular weight is 478 g/mol. The number of aromatic amines is 1. The fraction of sp³-hybridized carbons (Fsp3) is 0.393. The minimum absolute atomic E-state index is 0.0800. The third kappa shape index (κ3) is 6.94. The first-order chi connectivity index (χ1) is 16.4. The molecule has 0 bridgehead atoms. The largest absolute Gasteiger partial charge is 0.455 e. The molecule has 0 aliphatic rings. The highest BCUT2D eigenvalue weighted by atomic mass is 16.7. The third-order valence-corrected chi connectivity index (χ3v) is 5.61. The molecular weight excluding hydrogens is 442 g/mol. The molecule has 3 aromatic rings. The number of benzene rings is 2. The Hall–Kier alpha value is -3.61. The summed E-state index contributed by atoms with van der Waals surface area (Å²) in [6.07, 6.45) is -0.687. The summed E-state index contributed by atoms with van der Waals surface area (Å²) in [5.74, 6) is -0.131. The predicted octanol–water partition coefficient (Wildman–Crippen LogP) is 5.54. The Morgan fingerprint density at radius 2 is 1.71 bits per heavy atom. The summed E-state index contributed by atoms with van der Waals surface area (Å²) in [6, 6.07) is 15.6. The first-order valence-corrected chi connectivity index (χ1v) is 11.8. The number of esters is 1. The topological polar surface area (TPSA) is 93.3 Å². The zero-order valence-electron chi connectivity index (χ0n) is 21.6. The average Bonchev–Trinajstić information content (AvgIpc) is 3.29. The fourth-order valence-corrected chi connectivity index (χ4v) is 3.46. The molecule has 2 N–H and O–H groups in total. The normalized spacial score (nSPS) is 12.3. The van der Waals surface area contributed by atoms with Crippen molar-refractivity contribution < 1.29 is 19.1 Å². The van der Waals surface area contributed by atoms with Crippen LogP contribution >= 0.6 is 0 Å². The van der Waals surface area contributed by atoms with E-state index in [1.807, 2.05) is 37.3 Å². The summed E-state index contributed by atoms with van der Waals surface area (Å²) < 4.78 is 11.0. The number of hydrogen-bond donors (Lipinski definition) is 2. The summed E-state index contributed by atoms with van der Waals surface area (Å²) in [7, 11) is 0. The SMILES string of the molecule is Cc1cc(CNC(=O)c2cc(-c3ccc(C(C)(C)C)cc3)n[nH]2)ccc1OC(C)OC(=O)C(C)C. The number of aromatic nitrogens is 2. The molecule has 0 fully saturated rings. The molecule has 0 spiro atoms. The van der Waals surface area contributed by atoms with Crippen LogP contribution in [0.25, 0.3) is 11.3 Å². The summed E-state index contributed by atoms with van der Waals surface area (Å²) >= 11 is 0. The van der Waals surface area contributed by atoms with E-state index in [2.05, 4.69) is 48.4 Å². The molecule has 0 radical (unpaired) electrons. The predicted molar refractivity (Wildman–Crippen MR) is 136 cm³/mol. The van der Waals surface area contributed by atoms with Gasteiger partial charge >= 0.3 is 5.97 Å². The molecule has 0 saturated carbocycles. The van der Waals surface area contributed by atoms with Gasteiger partial charge in [0.1, 0.15) is 11.4 Å². The van der Waals surface area contributed by atoms with E-state index in [9.17, 15) is 9.59 Å². The second-order valence-corrected chi connectivity index (χ2v) is 10.1. The van der Waals surface area contributed by atoms with Gasteiger partial charge in [-0.15, -0.1) is 0 Å². The molecule has 1 aromatic heterocycles. The Balaban J connectivity index is 1.57. The molecule has 7 heteroatoms. The van der Waals surface area contributed by atoms with Crippen LogP contribution in [0.15, 0.2) is 48.5 Å². The summed E-state index contributed by atoms with van der Waals surface area (Å²) in [4.78, 5) is 24.4. The molecule has 35 heavy (non-hydrogen) atoms. The zero-order valence-corrected chi connectivity index (χ0v) is 21.6. The van der Waals surface area contributed by atoms with E-state index < -0.39 is 6.29 Å². The number of carbonyl (C=O) groups excluding carboxylic acids is 2. The molecule has 1 unspecified atom stereocenters. The minimum atomic E-state index is -0.687. The Morgan fingerprint density at radius 3 is 2.31 bits per heavy atom. The molecule has 0 aliphatic carbocycles. The van der Waals surface area contributed by atoms with E-state index in [1.54, 1.807) is 26.8 Å². The van der Waals surface area contributed by atoms with Crippen LogP contribution in [-0.4, -0.2) is 28.4 Å². The van der Waals surface area contributed by atoms with Crippen LogP contribution in [0.3, 0.4) is 0 Å². The van der Waals surface area contributed by atoms with Gasteiger partial charge in [0.2, 0.25) is 6.29 Å². The number of rotatable bonds is 8. The molecule has 0 saturated heterocycles. The van der Waals surface area contributed by atoms with E-state index in [1.165, 1.54) is 5.56 Å². The monoisotopic (exact) mass is 477 g/mol. The Bertz CT molecular complexity index is 1170. The zero-order chi connectivity index (χ0) is 25.8. The Morgan fingerprint density at radius 1 is 1.03 bits per heavy atom. The van der Waals surface area contributed by atoms with Gasteiger partial charge in [0.25, 0.3) is 5.91 Å². The second-order valence-electron chi connectivity index (χ2n) is 10.1. The van der Waals surface area contributed by atoms with Gasteiger partial charge < -0.3 is 14.8 Å². The molecular formula is C28H35N3O4. The number of nitrogens with zero attached hydrogens (tertiary/aromatic N) is 1. The van der Waals surface area contributed by atoms with Crippen LogP contribution in [0.1, 0.15) is 68.7 Å². The van der Waals surface area contributed by atoms with Gasteiger partial charge in [0, 0.05) is 19.0 Å². The van der Waals surface area contributed by atoms with Crippen molar-refractivity contribution in [1.82, 2.24) is 15.5 Å². The molecule has 1 amide bonds. The third-order valence-electron chi connectivity index (χ3n) is 5.61. The van der Waals surface area contributed by atoms with Crippen molar-refractivity contribution >= 4 is 11.9 Å². The molecule has 2 aromatic carbocycles. The van der Waals surface area contributed by atoms with Gasteiger partial charge in [-0.2, -0.15) is 5.10 Å². The van der Waals surface area contributed by atoms with E-state index in [0.717, 1.165) is 22.4 Å². The molecule has 1 atom stereocenters. The van der Waals surface area contributed by atoms with Gasteiger partial charge in [0.15, 0.2) is 0 Å². The quantitative estimate of drug-likeness (QED) is 0.328. The van der Waals surface area contributed by atoms with Crippen molar-refractivity contribution in [3.8, 4) is 17.0 Å². The summed E-state index contributed by atoms with van der Waals surface area (Å²) in [6.45, 7) is 14.0. The second kappa shape index (κ2) is 10.8.